The third-order valence-corrected chi connectivity index (χ3v) is 3.43. The van der Waals surface area contributed by atoms with Crippen LogP contribution < -0.4 is 5.32 Å². The molecule has 0 amide bonds. The van der Waals surface area contributed by atoms with Gasteiger partial charge >= 0.3 is 5.69 Å². The fraction of sp³-hybridized carbons (Fsp3) is 0.308. The van der Waals surface area contributed by atoms with Crippen molar-refractivity contribution in [2.75, 3.05) is 11.9 Å². The number of nitrogens with zero attached hydrogens (tertiary/aromatic N) is 3. The van der Waals surface area contributed by atoms with Crippen molar-refractivity contribution in [2.45, 2.75) is 19.6 Å². The summed E-state index contributed by atoms with van der Waals surface area (Å²) in [6.45, 7) is 2.34. The zero-order valence-corrected chi connectivity index (χ0v) is 12.1. The average Bonchev–Trinajstić information content (AvgIpc) is 2.89. The highest BCUT2D eigenvalue weighted by Gasteiger charge is 2.12. The first-order valence-corrected chi connectivity index (χ1v) is 6.69. The van der Waals surface area contributed by atoms with E-state index in [1.54, 1.807) is 6.07 Å². The summed E-state index contributed by atoms with van der Waals surface area (Å²) in [5.41, 5.74) is 1.65. The molecule has 8 heteroatoms. The molecule has 1 aromatic heterocycles. The van der Waals surface area contributed by atoms with Crippen LogP contribution in [0, 0.1) is 17.0 Å². The van der Waals surface area contributed by atoms with Gasteiger partial charge in [-0.15, -0.1) is 0 Å². The molecule has 112 valence electrons. The Hall–Kier alpha value is -2.12. The monoisotopic (exact) mass is 310 g/mol. The topological polar surface area (TPSA) is 93.2 Å². The van der Waals surface area contributed by atoms with E-state index in [9.17, 15) is 15.2 Å². The Morgan fingerprint density at radius 2 is 2.33 bits per heavy atom. The van der Waals surface area contributed by atoms with Gasteiger partial charge in [0.15, 0.2) is 0 Å². The van der Waals surface area contributed by atoms with Crippen molar-refractivity contribution in [2.24, 2.45) is 0 Å². The SMILES string of the molecule is Cc1c(Cl)cccc1NCC(O)Cn1cc([N+](=O)[O-])cn1. The number of rotatable bonds is 6. The molecule has 2 rings (SSSR count). The number of nitrogens with one attached hydrogen (secondary N) is 1. The lowest BCUT2D eigenvalue weighted by Gasteiger charge is -2.14. The van der Waals surface area contributed by atoms with Crippen LogP contribution in [0.2, 0.25) is 5.02 Å². The summed E-state index contributed by atoms with van der Waals surface area (Å²) in [6.07, 6.45) is 1.71. The van der Waals surface area contributed by atoms with Gasteiger partial charge in [-0.25, -0.2) is 0 Å². The van der Waals surface area contributed by atoms with E-state index in [1.165, 1.54) is 10.9 Å². The van der Waals surface area contributed by atoms with Crippen molar-refractivity contribution in [1.29, 1.82) is 0 Å². The summed E-state index contributed by atoms with van der Waals surface area (Å²) in [4.78, 5) is 10.0. The van der Waals surface area contributed by atoms with E-state index in [1.807, 2.05) is 19.1 Å². The highest BCUT2D eigenvalue weighted by molar-refractivity contribution is 6.31. The number of nitro groups is 1. The zero-order valence-electron chi connectivity index (χ0n) is 11.4. The van der Waals surface area contributed by atoms with Crippen LogP contribution in [-0.4, -0.2) is 32.5 Å². The largest absolute Gasteiger partial charge is 0.389 e. The molecule has 1 atom stereocenters. The standard InChI is InChI=1S/C13H15ClN4O3/c1-9-12(14)3-2-4-13(9)15-6-11(19)8-17-7-10(5-16-17)18(20)21/h2-5,7,11,15,19H,6,8H2,1H3. The molecule has 1 heterocycles. The molecule has 0 fully saturated rings. The van der Waals surface area contributed by atoms with Gasteiger partial charge in [-0.05, 0) is 24.6 Å². The molecular weight excluding hydrogens is 296 g/mol. The summed E-state index contributed by atoms with van der Waals surface area (Å²) < 4.78 is 1.34. The Bertz CT molecular complexity index is 644. The van der Waals surface area contributed by atoms with Crippen molar-refractivity contribution in [3.8, 4) is 0 Å². The zero-order chi connectivity index (χ0) is 15.4. The summed E-state index contributed by atoms with van der Waals surface area (Å²) >= 11 is 6.01. The second-order valence-corrected chi connectivity index (χ2v) is 5.03. The molecule has 0 aliphatic rings. The minimum atomic E-state index is -0.733. The number of hydrogen-bond acceptors (Lipinski definition) is 5. The molecule has 0 saturated carbocycles. The smallest absolute Gasteiger partial charge is 0.306 e. The van der Waals surface area contributed by atoms with E-state index in [4.69, 9.17) is 11.6 Å². The summed E-state index contributed by atoms with van der Waals surface area (Å²) in [6, 6.07) is 5.48. The van der Waals surface area contributed by atoms with Crippen LogP contribution in [0.5, 0.6) is 0 Å². The average molecular weight is 311 g/mol. The van der Waals surface area contributed by atoms with Gasteiger partial charge in [0, 0.05) is 17.3 Å². The molecule has 2 aromatic rings. The van der Waals surface area contributed by atoms with Gasteiger partial charge in [0.1, 0.15) is 12.4 Å². The van der Waals surface area contributed by atoms with Crippen molar-refractivity contribution in [1.82, 2.24) is 9.78 Å². The molecule has 7 nitrogen and oxygen atoms in total. The first kappa shape index (κ1) is 15.3. The third-order valence-electron chi connectivity index (χ3n) is 3.02. The maximum Gasteiger partial charge on any atom is 0.306 e. The molecule has 0 saturated heterocycles. The summed E-state index contributed by atoms with van der Waals surface area (Å²) in [5.74, 6) is 0. The maximum absolute atomic E-state index is 10.5. The van der Waals surface area contributed by atoms with E-state index < -0.39 is 11.0 Å². The van der Waals surface area contributed by atoms with Crippen LogP contribution in [0.1, 0.15) is 5.56 Å². The van der Waals surface area contributed by atoms with Crippen LogP contribution in [-0.2, 0) is 6.54 Å². The number of aromatic nitrogens is 2. The van der Waals surface area contributed by atoms with E-state index in [-0.39, 0.29) is 18.8 Å². The first-order valence-electron chi connectivity index (χ1n) is 6.31. The first-order chi connectivity index (χ1) is 9.97. The lowest BCUT2D eigenvalue weighted by atomic mass is 10.2. The molecule has 0 spiro atoms. The van der Waals surface area contributed by atoms with Crippen LogP contribution in [0.15, 0.2) is 30.6 Å². The molecule has 1 unspecified atom stereocenters. The van der Waals surface area contributed by atoms with Gasteiger partial charge in [0.25, 0.3) is 0 Å². The van der Waals surface area contributed by atoms with Gasteiger partial charge in [-0.3, -0.25) is 14.8 Å². The number of aliphatic hydroxyl groups is 1. The van der Waals surface area contributed by atoms with Gasteiger partial charge in [-0.2, -0.15) is 5.10 Å². The van der Waals surface area contributed by atoms with E-state index in [0.717, 1.165) is 17.4 Å². The van der Waals surface area contributed by atoms with Crippen LogP contribution in [0.3, 0.4) is 0 Å². The molecular formula is C13H15ClN4O3. The van der Waals surface area contributed by atoms with Crippen molar-refractivity contribution >= 4 is 23.0 Å². The Balaban J connectivity index is 1.91. The number of halogens is 1. The van der Waals surface area contributed by atoms with Crippen molar-refractivity contribution < 1.29 is 10.0 Å². The van der Waals surface area contributed by atoms with Crippen LogP contribution in [0.4, 0.5) is 11.4 Å². The number of benzene rings is 1. The molecule has 0 bridgehead atoms. The minimum absolute atomic E-state index is 0.0964. The van der Waals surface area contributed by atoms with Gasteiger partial charge < -0.3 is 10.4 Å². The normalized spacial score (nSPS) is 12.1. The van der Waals surface area contributed by atoms with Gasteiger partial charge in [0.2, 0.25) is 0 Å². The Morgan fingerprint density at radius 1 is 1.57 bits per heavy atom. The fourth-order valence-corrected chi connectivity index (χ4v) is 2.03. The lowest BCUT2D eigenvalue weighted by Crippen LogP contribution is -2.25. The molecule has 0 radical (unpaired) electrons. The summed E-state index contributed by atoms with van der Waals surface area (Å²) in [5, 5.41) is 28.1. The summed E-state index contributed by atoms with van der Waals surface area (Å²) in [7, 11) is 0. The predicted molar refractivity (Wildman–Crippen MR) is 79.6 cm³/mol. The van der Waals surface area contributed by atoms with Crippen molar-refractivity contribution in [3.05, 3.63) is 51.3 Å². The molecule has 0 aliphatic carbocycles. The van der Waals surface area contributed by atoms with E-state index >= 15 is 0 Å². The third kappa shape index (κ3) is 3.93. The molecule has 2 N–H and O–H groups in total. The molecule has 21 heavy (non-hydrogen) atoms. The van der Waals surface area contributed by atoms with Crippen molar-refractivity contribution in [3.63, 3.8) is 0 Å². The number of anilines is 1. The predicted octanol–water partition coefficient (Wildman–Crippen LogP) is 2.23. The molecule has 1 aromatic carbocycles. The second-order valence-electron chi connectivity index (χ2n) is 4.62. The highest BCUT2D eigenvalue weighted by atomic mass is 35.5. The minimum Gasteiger partial charge on any atom is -0.389 e. The lowest BCUT2D eigenvalue weighted by molar-refractivity contribution is -0.385. The Labute approximate surface area is 126 Å². The maximum atomic E-state index is 10.5. The second kappa shape index (κ2) is 6.55. The Kier molecular flexibility index (Phi) is 4.77. The van der Waals surface area contributed by atoms with Gasteiger partial charge in [0.05, 0.1) is 17.6 Å². The number of hydrogen-bond donors (Lipinski definition) is 2. The Morgan fingerprint density at radius 3 is 3.00 bits per heavy atom. The quantitative estimate of drug-likeness (QED) is 0.630. The molecule has 0 aliphatic heterocycles. The van der Waals surface area contributed by atoms with E-state index in [2.05, 4.69) is 10.4 Å². The van der Waals surface area contributed by atoms with Crippen LogP contribution in [0.25, 0.3) is 0 Å². The fourth-order valence-electron chi connectivity index (χ4n) is 1.85. The highest BCUT2D eigenvalue weighted by Crippen LogP contribution is 2.22. The van der Waals surface area contributed by atoms with Crippen LogP contribution >= 0.6 is 11.6 Å². The van der Waals surface area contributed by atoms with Gasteiger partial charge in [-0.1, -0.05) is 17.7 Å². The van der Waals surface area contributed by atoms with E-state index in [0.29, 0.717) is 5.02 Å². The number of aliphatic hydroxyl groups excluding tert-OH is 1.